The van der Waals surface area contributed by atoms with Gasteiger partial charge in [0.15, 0.2) is 24.4 Å². The molecule has 0 saturated carbocycles. The molecule has 0 bridgehead atoms. The Labute approximate surface area is 394 Å². The molecule has 0 radical (unpaired) electrons. The van der Waals surface area contributed by atoms with Gasteiger partial charge in [0.2, 0.25) is 4.80 Å². The largest absolute Gasteiger partial charge is 0.462 e. The Bertz CT molecular complexity index is 2840. The number of aromatic nitrogens is 3. The summed E-state index contributed by atoms with van der Waals surface area (Å²) in [6.07, 6.45) is -2.22. The van der Waals surface area contributed by atoms with Crippen LogP contribution in [0, 0.1) is 0 Å². The van der Waals surface area contributed by atoms with Crippen molar-refractivity contribution in [2.45, 2.75) is 65.6 Å². The van der Waals surface area contributed by atoms with Gasteiger partial charge in [-0.1, -0.05) is 103 Å². The molecule has 1 amide bonds. The van der Waals surface area contributed by atoms with Crippen molar-refractivity contribution in [1.29, 1.82) is 0 Å². The summed E-state index contributed by atoms with van der Waals surface area (Å²) in [5.74, 6) is -5.01. The van der Waals surface area contributed by atoms with Gasteiger partial charge in [0, 0.05) is 57.3 Å². The van der Waals surface area contributed by atoms with Crippen LogP contribution >= 0.6 is 11.3 Å². The Morgan fingerprint density at radius 3 is 1.82 bits per heavy atom. The number of para-hydroxylation sites is 1. The van der Waals surface area contributed by atoms with Crippen LogP contribution in [0.3, 0.4) is 0 Å². The molecule has 0 unspecified atom stereocenters. The first-order valence-electron chi connectivity index (χ1n) is 21.0. The quantitative estimate of drug-likeness (QED) is 0.0424. The highest BCUT2D eigenvalue weighted by Gasteiger charge is 2.43. The zero-order valence-electron chi connectivity index (χ0n) is 37.6. The van der Waals surface area contributed by atoms with Gasteiger partial charge in [-0.2, -0.15) is 15.3 Å². The van der Waals surface area contributed by atoms with Crippen molar-refractivity contribution in [3.05, 3.63) is 137 Å². The molecule has 350 valence electrons. The first-order chi connectivity index (χ1) is 32.7. The van der Waals surface area contributed by atoms with Crippen LogP contribution in [0.5, 0.6) is 0 Å². The number of nitrogens with zero attached hydrogens (tertiary/aromatic N) is 6. The molecule has 0 aliphatic carbocycles. The summed E-state index contributed by atoms with van der Waals surface area (Å²) >= 11 is 1.24. The topological polar surface area (TPSA) is 220 Å². The number of rotatable bonds is 19. The zero-order chi connectivity index (χ0) is 48.6. The summed E-state index contributed by atoms with van der Waals surface area (Å²) in [7, 11) is 0. The van der Waals surface area contributed by atoms with Gasteiger partial charge in [-0.25, -0.2) is 10.1 Å². The summed E-state index contributed by atoms with van der Waals surface area (Å²) in [6, 6.07) is 37.1. The fourth-order valence-electron chi connectivity index (χ4n) is 6.82. The Morgan fingerprint density at radius 1 is 0.662 bits per heavy atom. The summed E-state index contributed by atoms with van der Waals surface area (Å²) in [5, 5.41) is 19.8. The van der Waals surface area contributed by atoms with E-state index in [-0.39, 0.29) is 6.54 Å². The third-order valence-corrected chi connectivity index (χ3v) is 10.5. The molecule has 0 saturated heterocycles. The predicted molar refractivity (Wildman–Crippen MR) is 251 cm³/mol. The maximum Gasteiger partial charge on any atom is 0.303 e. The fraction of sp³-hybridized carbons (Fsp3) is 0.224. The van der Waals surface area contributed by atoms with Crippen molar-refractivity contribution in [2.24, 2.45) is 15.3 Å². The van der Waals surface area contributed by atoms with Gasteiger partial charge in [-0.05, 0) is 28.8 Å². The number of thiazole rings is 1. The molecule has 1 N–H and O–H groups in total. The van der Waals surface area contributed by atoms with E-state index in [2.05, 4.69) is 20.7 Å². The van der Waals surface area contributed by atoms with Gasteiger partial charge in [0.05, 0.1) is 23.8 Å². The number of amides is 1. The van der Waals surface area contributed by atoms with Crippen molar-refractivity contribution in [3.8, 4) is 39.3 Å². The van der Waals surface area contributed by atoms with Crippen LogP contribution in [0.2, 0.25) is 0 Å². The smallest absolute Gasteiger partial charge is 0.303 e. The Morgan fingerprint density at radius 2 is 1.22 bits per heavy atom. The monoisotopic (exact) mass is 941 g/mol. The molecule has 18 nitrogen and oxygen atoms in total. The molecule has 0 aliphatic heterocycles. The van der Waals surface area contributed by atoms with Crippen LogP contribution < -0.4 is 10.2 Å². The number of carbonyl (C=O) groups is 6. The lowest BCUT2D eigenvalue weighted by molar-refractivity contribution is -0.197. The highest BCUT2D eigenvalue weighted by Crippen LogP contribution is 2.27. The van der Waals surface area contributed by atoms with E-state index < -0.39 is 66.8 Å². The maximum absolute atomic E-state index is 13.7. The van der Waals surface area contributed by atoms with Crippen LogP contribution in [0.4, 0.5) is 0 Å². The lowest BCUT2D eigenvalue weighted by atomic mass is 10.0. The van der Waals surface area contributed by atoms with Gasteiger partial charge in [0.25, 0.3) is 5.91 Å². The molecule has 68 heavy (non-hydrogen) atoms. The van der Waals surface area contributed by atoms with Crippen molar-refractivity contribution < 1.29 is 52.5 Å². The van der Waals surface area contributed by atoms with Gasteiger partial charge < -0.3 is 28.3 Å². The minimum atomic E-state index is -1.73. The van der Waals surface area contributed by atoms with Crippen molar-refractivity contribution in [3.63, 3.8) is 0 Å². The molecule has 2 aromatic heterocycles. The molecule has 0 aliphatic rings. The lowest BCUT2D eigenvalue weighted by Gasteiger charge is -2.34. The number of hydrogen-bond acceptors (Lipinski definition) is 16. The highest BCUT2D eigenvalue weighted by atomic mass is 32.1. The Hall–Kier alpha value is -8.32. The van der Waals surface area contributed by atoms with Crippen LogP contribution in [0.15, 0.2) is 142 Å². The van der Waals surface area contributed by atoms with E-state index in [0.29, 0.717) is 21.8 Å². The third kappa shape index (κ3) is 13.8. The summed E-state index contributed by atoms with van der Waals surface area (Å²) in [5.41, 5.74) is 9.00. The zero-order valence-corrected chi connectivity index (χ0v) is 38.4. The van der Waals surface area contributed by atoms with E-state index in [9.17, 15) is 28.8 Å². The van der Waals surface area contributed by atoms with Crippen molar-refractivity contribution in [2.75, 3.05) is 6.61 Å². The number of nitrogens with one attached hydrogen (secondary N) is 1. The van der Waals surface area contributed by atoms with E-state index in [1.54, 1.807) is 15.5 Å². The number of ether oxygens (including phenoxy) is 5. The molecule has 4 aromatic carbocycles. The van der Waals surface area contributed by atoms with Gasteiger partial charge in [-0.15, -0.1) is 16.4 Å². The van der Waals surface area contributed by atoms with Crippen LogP contribution in [-0.2, 0) is 59.0 Å². The van der Waals surface area contributed by atoms with E-state index in [1.807, 2.05) is 127 Å². The first-order valence-corrected chi connectivity index (χ1v) is 21.9. The average molecular weight is 942 g/mol. The molecule has 6 rings (SSSR count). The van der Waals surface area contributed by atoms with Crippen molar-refractivity contribution >= 4 is 59.5 Å². The summed E-state index contributed by atoms with van der Waals surface area (Å²) < 4.78 is 30.0. The Balaban J connectivity index is 1.30. The van der Waals surface area contributed by atoms with E-state index in [4.69, 9.17) is 28.8 Å². The highest BCUT2D eigenvalue weighted by molar-refractivity contribution is 7.07. The number of carbonyl (C=O) groups excluding carboxylic acids is 6. The predicted octanol–water partition coefficient (Wildman–Crippen LogP) is 6.06. The van der Waals surface area contributed by atoms with E-state index >= 15 is 0 Å². The van der Waals surface area contributed by atoms with Gasteiger partial charge in [-0.3, -0.25) is 28.8 Å². The van der Waals surface area contributed by atoms with Gasteiger partial charge in [0.1, 0.15) is 18.8 Å². The molecular weight excluding hydrogens is 895 g/mol. The second-order valence-corrected chi connectivity index (χ2v) is 15.7. The molecule has 0 fully saturated rings. The normalized spacial score (nSPS) is 13.3. The number of hydrogen-bond donors (Lipinski definition) is 1. The first kappa shape index (κ1) is 49.1. The number of benzene rings is 4. The minimum absolute atomic E-state index is 0.330. The SMILES string of the molecule is CC(=O)OC[C@@H](OC(C)=O)[C@H](OC(C)=O)[C@H](OC(C)=O)[C@H](/C=N/NC(=O)Cn1c(-c2ccccc2)cs/c1=N\N=C\c1cn(-c2ccccc2)nc1-c1ccc(-c2ccccc2)cc1)OC(C)=O. The number of esters is 5. The van der Waals surface area contributed by atoms with E-state index in [0.717, 1.165) is 68.8 Å². The fourth-order valence-corrected chi connectivity index (χ4v) is 7.68. The summed E-state index contributed by atoms with van der Waals surface area (Å²) in [4.78, 5) is 74.9. The maximum atomic E-state index is 13.7. The molecule has 2 heterocycles. The standard InChI is InChI=1S/C49H47N7O11S/c1-31(57)63-29-44(65-33(3)59)48(67-35(5)61)47(66-34(4)60)43(64-32(2)58)26-51-52-45(62)28-55-42(38-17-11-7-12-18-38)30-68-49(55)53-50-25-40-27-56(41-19-13-8-14-20-41)54-46(40)39-23-21-37(22-24-39)36-15-9-6-10-16-36/h6-27,30,43-44,47-48H,28-29H2,1-5H3,(H,52,62)/b50-25+,51-26+,53-49-/t43-,44+,47+,48-/m0/s1. The van der Waals surface area contributed by atoms with Crippen LogP contribution in [-0.4, -0.2) is 93.6 Å². The molecule has 19 heteroatoms. The number of hydrazone groups is 1. The summed E-state index contributed by atoms with van der Waals surface area (Å²) in [6.45, 7) is 4.31. The van der Waals surface area contributed by atoms with E-state index in [1.165, 1.54) is 11.3 Å². The van der Waals surface area contributed by atoms with Crippen LogP contribution in [0.1, 0.15) is 40.2 Å². The molecule has 4 atom stereocenters. The average Bonchev–Trinajstić information content (AvgIpc) is 3.93. The Kier molecular flexibility index (Phi) is 17.2. The second kappa shape index (κ2) is 23.7. The molecule has 0 spiro atoms. The minimum Gasteiger partial charge on any atom is -0.462 e. The lowest BCUT2D eigenvalue weighted by Crippen LogP contribution is -2.53. The van der Waals surface area contributed by atoms with Gasteiger partial charge >= 0.3 is 29.8 Å². The van der Waals surface area contributed by atoms with Crippen LogP contribution in [0.25, 0.3) is 39.3 Å². The molecular formula is C49H47N7O11S. The molecule has 6 aromatic rings. The van der Waals surface area contributed by atoms with Crippen molar-refractivity contribution in [1.82, 2.24) is 19.8 Å². The second-order valence-electron chi connectivity index (χ2n) is 14.8. The third-order valence-electron chi connectivity index (χ3n) is 9.64.